The van der Waals surface area contributed by atoms with Crippen molar-refractivity contribution in [2.75, 3.05) is 38.8 Å². The average Bonchev–Trinajstić information content (AvgIpc) is 3.20. The number of carbonyl (C=O) groups is 1. The lowest BCUT2D eigenvalue weighted by molar-refractivity contribution is -0.132. The zero-order valence-corrected chi connectivity index (χ0v) is 16.9. The predicted molar refractivity (Wildman–Crippen MR) is 107 cm³/mol. The van der Waals surface area contributed by atoms with E-state index in [2.05, 4.69) is 21.9 Å². The van der Waals surface area contributed by atoms with E-state index in [4.69, 9.17) is 14.2 Å². The minimum absolute atomic E-state index is 0.0242. The van der Waals surface area contributed by atoms with E-state index in [0.717, 1.165) is 30.9 Å². The number of methoxy groups -OCH3 is 2. The molecule has 4 fully saturated rings. The molecule has 1 saturated carbocycles. The summed E-state index contributed by atoms with van der Waals surface area (Å²) in [5, 5.41) is 0. The lowest BCUT2D eigenvalue weighted by Gasteiger charge is -2.58. The van der Waals surface area contributed by atoms with Crippen LogP contribution in [0.15, 0.2) is 23.8 Å². The predicted octanol–water partition coefficient (Wildman–Crippen LogP) is 2.11. The molecule has 0 radical (unpaired) electrons. The quantitative estimate of drug-likeness (QED) is 0.719. The third-order valence-corrected chi connectivity index (χ3v) is 8.81. The molecule has 0 aromatic heterocycles. The van der Waals surface area contributed by atoms with Crippen LogP contribution >= 0.6 is 0 Å². The Labute approximate surface area is 170 Å². The van der Waals surface area contributed by atoms with Gasteiger partial charge >= 0.3 is 0 Å². The SMILES string of the molecule is COc1cc2c(cc1OC)[C@@]13CCN4CC5=CCOC6CC(=O)N2C1[C@@H]6[C@@H]5C[C@@H]43. The molecule has 152 valence electrons. The third-order valence-electron chi connectivity index (χ3n) is 8.81. The van der Waals surface area contributed by atoms with Gasteiger partial charge < -0.3 is 19.1 Å². The van der Waals surface area contributed by atoms with Gasteiger partial charge in [-0.1, -0.05) is 11.6 Å². The van der Waals surface area contributed by atoms with Crippen LogP contribution in [0.2, 0.25) is 0 Å². The molecule has 6 nitrogen and oxygen atoms in total. The molecule has 2 unspecified atom stereocenters. The Hall–Kier alpha value is -2.05. The zero-order valence-electron chi connectivity index (χ0n) is 16.9. The van der Waals surface area contributed by atoms with Crippen molar-refractivity contribution in [1.29, 1.82) is 0 Å². The van der Waals surface area contributed by atoms with Crippen molar-refractivity contribution in [2.45, 2.75) is 42.9 Å². The van der Waals surface area contributed by atoms with Gasteiger partial charge in [-0.3, -0.25) is 9.69 Å². The summed E-state index contributed by atoms with van der Waals surface area (Å²) in [5.74, 6) is 2.57. The minimum Gasteiger partial charge on any atom is -0.493 e. The smallest absolute Gasteiger partial charge is 0.229 e. The first-order chi connectivity index (χ1) is 14.2. The van der Waals surface area contributed by atoms with E-state index in [1.165, 1.54) is 12.0 Å². The van der Waals surface area contributed by atoms with Gasteiger partial charge in [0.25, 0.3) is 0 Å². The fraction of sp³-hybridized carbons (Fsp3) is 0.609. The van der Waals surface area contributed by atoms with E-state index in [-0.39, 0.29) is 23.5 Å². The number of nitrogens with zero attached hydrogens (tertiary/aromatic N) is 2. The molecule has 1 aromatic carbocycles. The zero-order chi connectivity index (χ0) is 19.5. The average molecular weight is 394 g/mol. The van der Waals surface area contributed by atoms with Crippen molar-refractivity contribution in [2.24, 2.45) is 11.8 Å². The molecule has 0 N–H and O–H groups in total. The molecular formula is C23H26N2O4. The first-order valence-electron chi connectivity index (χ1n) is 10.8. The molecule has 3 saturated heterocycles. The highest BCUT2D eigenvalue weighted by Gasteiger charge is 2.71. The minimum atomic E-state index is -0.0242. The van der Waals surface area contributed by atoms with E-state index in [1.807, 2.05) is 6.07 Å². The van der Waals surface area contributed by atoms with E-state index in [1.54, 1.807) is 19.8 Å². The van der Waals surface area contributed by atoms with Crippen LogP contribution in [0.5, 0.6) is 11.5 Å². The second-order valence-corrected chi connectivity index (χ2v) is 9.48. The molecule has 1 spiro atoms. The van der Waals surface area contributed by atoms with E-state index in [9.17, 15) is 4.79 Å². The number of ether oxygens (including phenoxy) is 3. The van der Waals surface area contributed by atoms with Crippen molar-refractivity contribution in [3.63, 3.8) is 0 Å². The maximum atomic E-state index is 13.5. The molecule has 1 amide bonds. The maximum Gasteiger partial charge on any atom is 0.229 e. The monoisotopic (exact) mass is 394 g/mol. The fourth-order valence-corrected chi connectivity index (χ4v) is 7.87. The number of hydrogen-bond acceptors (Lipinski definition) is 5. The molecule has 6 atom stereocenters. The maximum absolute atomic E-state index is 13.5. The van der Waals surface area contributed by atoms with Gasteiger partial charge in [-0.15, -0.1) is 0 Å². The van der Waals surface area contributed by atoms with Gasteiger partial charge in [-0.2, -0.15) is 0 Å². The van der Waals surface area contributed by atoms with Gasteiger partial charge in [0.2, 0.25) is 5.91 Å². The molecular weight excluding hydrogens is 368 g/mol. The van der Waals surface area contributed by atoms with E-state index < -0.39 is 0 Å². The van der Waals surface area contributed by atoms with Crippen molar-refractivity contribution in [1.82, 2.24) is 4.90 Å². The van der Waals surface area contributed by atoms with Crippen molar-refractivity contribution in [3.05, 3.63) is 29.3 Å². The van der Waals surface area contributed by atoms with Gasteiger partial charge in [-0.05, 0) is 36.9 Å². The van der Waals surface area contributed by atoms with Crippen LogP contribution in [0.4, 0.5) is 5.69 Å². The molecule has 1 aromatic rings. The Balaban J connectivity index is 1.52. The summed E-state index contributed by atoms with van der Waals surface area (Å²) >= 11 is 0. The van der Waals surface area contributed by atoms with Gasteiger partial charge in [0.1, 0.15) is 0 Å². The lowest BCUT2D eigenvalue weighted by Crippen LogP contribution is -2.69. The number of anilines is 1. The van der Waals surface area contributed by atoms with Crippen LogP contribution in [-0.4, -0.2) is 62.9 Å². The highest BCUT2D eigenvalue weighted by atomic mass is 16.5. The summed E-state index contributed by atoms with van der Waals surface area (Å²) < 4.78 is 17.6. The van der Waals surface area contributed by atoms with Gasteiger partial charge in [0.05, 0.1) is 45.1 Å². The summed E-state index contributed by atoms with van der Waals surface area (Å²) in [7, 11) is 3.36. The van der Waals surface area contributed by atoms with E-state index >= 15 is 0 Å². The number of piperidine rings is 2. The van der Waals surface area contributed by atoms with Crippen LogP contribution in [0.3, 0.4) is 0 Å². The van der Waals surface area contributed by atoms with Crippen molar-refractivity contribution in [3.8, 4) is 11.5 Å². The number of hydrogen-bond donors (Lipinski definition) is 0. The van der Waals surface area contributed by atoms with Gasteiger partial charge in [0, 0.05) is 30.0 Å². The van der Waals surface area contributed by atoms with Crippen LogP contribution < -0.4 is 14.4 Å². The first-order valence-corrected chi connectivity index (χ1v) is 10.8. The molecule has 6 aliphatic rings. The normalized spacial score (nSPS) is 41.0. The summed E-state index contributed by atoms with van der Waals surface area (Å²) in [6.45, 7) is 2.80. The molecule has 7 rings (SSSR count). The highest BCUT2D eigenvalue weighted by Crippen LogP contribution is 2.66. The number of benzene rings is 1. The van der Waals surface area contributed by atoms with Gasteiger partial charge in [0.15, 0.2) is 11.5 Å². The molecule has 6 heteroatoms. The molecule has 2 bridgehead atoms. The molecule has 29 heavy (non-hydrogen) atoms. The number of amides is 1. The standard InChI is InChI=1S/C23H26N2O4/c1-27-16-8-14-15(9-17(16)28-2)25-20(26)10-18-21-13-7-19-23(14,22(21)25)4-5-24(19)11-12(13)3-6-29-18/h3,8-9,13,18-19,21-22H,4-7,10-11H2,1-2H3/t13-,18?,19-,21-,22?,23-/m1/s1. The van der Waals surface area contributed by atoms with Crippen LogP contribution in [0.1, 0.15) is 24.8 Å². The number of fused-ring (bicyclic) bond motifs is 2. The Morgan fingerprint density at radius 3 is 2.86 bits per heavy atom. The topological polar surface area (TPSA) is 51.2 Å². The Kier molecular flexibility index (Phi) is 3.08. The van der Waals surface area contributed by atoms with E-state index in [0.29, 0.717) is 36.7 Å². The second kappa shape index (κ2) is 5.35. The highest BCUT2D eigenvalue weighted by molar-refractivity contribution is 5.99. The third kappa shape index (κ3) is 1.76. The lowest BCUT2D eigenvalue weighted by atomic mass is 9.53. The van der Waals surface area contributed by atoms with Crippen LogP contribution in [-0.2, 0) is 14.9 Å². The summed E-state index contributed by atoms with van der Waals surface area (Å²) in [6.07, 6.45) is 5.11. The van der Waals surface area contributed by atoms with Crippen LogP contribution in [0.25, 0.3) is 0 Å². The van der Waals surface area contributed by atoms with Crippen molar-refractivity contribution >= 4 is 11.6 Å². The van der Waals surface area contributed by atoms with Crippen LogP contribution in [0, 0.1) is 11.8 Å². The summed E-state index contributed by atoms with van der Waals surface area (Å²) in [5.41, 5.74) is 3.85. The fourth-order valence-electron chi connectivity index (χ4n) is 7.87. The Bertz CT molecular complexity index is 974. The second-order valence-electron chi connectivity index (χ2n) is 9.48. The van der Waals surface area contributed by atoms with Crippen molar-refractivity contribution < 1.29 is 19.0 Å². The number of carbonyl (C=O) groups excluding carboxylic acids is 1. The molecule has 5 heterocycles. The van der Waals surface area contributed by atoms with Gasteiger partial charge in [-0.25, -0.2) is 0 Å². The Morgan fingerprint density at radius 2 is 2.03 bits per heavy atom. The first kappa shape index (κ1) is 16.7. The molecule has 5 aliphatic heterocycles. The number of rotatable bonds is 2. The summed E-state index contributed by atoms with van der Waals surface area (Å²) in [4.78, 5) is 18.3. The largest absolute Gasteiger partial charge is 0.493 e. The summed E-state index contributed by atoms with van der Waals surface area (Å²) in [6, 6.07) is 4.87. The Morgan fingerprint density at radius 1 is 1.21 bits per heavy atom. The molecule has 1 aliphatic carbocycles.